The zero-order chi connectivity index (χ0) is 12.8. The average molecular weight is 242 g/mol. The average Bonchev–Trinajstić information content (AvgIpc) is 2.41. The lowest BCUT2D eigenvalue weighted by Gasteiger charge is -2.31. The van der Waals surface area contributed by atoms with E-state index in [2.05, 4.69) is 11.8 Å². The highest BCUT2D eigenvalue weighted by molar-refractivity contribution is 5.75. The SMILES string of the molecule is O=C(O)C1(CC#Cc2ccccc2)CCCCC1. The van der Waals surface area contributed by atoms with Crippen LogP contribution < -0.4 is 0 Å². The summed E-state index contributed by atoms with van der Waals surface area (Å²) in [5, 5.41) is 9.42. The second-order valence-electron chi connectivity index (χ2n) is 4.99. The molecule has 1 aromatic carbocycles. The maximum absolute atomic E-state index is 11.5. The van der Waals surface area contributed by atoms with Crippen molar-refractivity contribution in [1.82, 2.24) is 0 Å². The molecule has 1 aromatic rings. The molecule has 0 bridgehead atoms. The lowest BCUT2D eigenvalue weighted by molar-refractivity contribution is -0.150. The topological polar surface area (TPSA) is 37.3 Å². The van der Waals surface area contributed by atoms with Gasteiger partial charge in [-0.3, -0.25) is 4.79 Å². The molecule has 1 saturated carbocycles. The smallest absolute Gasteiger partial charge is 0.310 e. The largest absolute Gasteiger partial charge is 0.481 e. The number of carboxylic acid groups (broad SMARTS) is 1. The molecule has 2 heteroatoms. The quantitative estimate of drug-likeness (QED) is 0.806. The van der Waals surface area contributed by atoms with Crippen molar-refractivity contribution in [3.8, 4) is 11.8 Å². The number of benzene rings is 1. The molecule has 0 saturated heterocycles. The molecule has 0 heterocycles. The lowest BCUT2D eigenvalue weighted by Crippen LogP contribution is -2.32. The van der Waals surface area contributed by atoms with E-state index in [-0.39, 0.29) is 0 Å². The summed E-state index contributed by atoms with van der Waals surface area (Å²) < 4.78 is 0. The summed E-state index contributed by atoms with van der Waals surface area (Å²) in [6.07, 6.45) is 5.19. The Balaban J connectivity index is 2.07. The molecular weight excluding hydrogens is 224 g/mol. The van der Waals surface area contributed by atoms with Gasteiger partial charge in [-0.05, 0) is 25.0 Å². The van der Waals surface area contributed by atoms with E-state index in [4.69, 9.17) is 0 Å². The molecule has 0 spiro atoms. The van der Waals surface area contributed by atoms with Gasteiger partial charge >= 0.3 is 5.97 Å². The van der Waals surface area contributed by atoms with Crippen LogP contribution in [-0.4, -0.2) is 11.1 Å². The van der Waals surface area contributed by atoms with Crippen molar-refractivity contribution >= 4 is 5.97 Å². The van der Waals surface area contributed by atoms with Crippen LogP contribution in [0.5, 0.6) is 0 Å². The molecule has 1 N–H and O–H groups in total. The number of hydrogen-bond acceptors (Lipinski definition) is 1. The molecule has 0 unspecified atom stereocenters. The van der Waals surface area contributed by atoms with Crippen molar-refractivity contribution in [2.45, 2.75) is 38.5 Å². The highest BCUT2D eigenvalue weighted by Crippen LogP contribution is 2.39. The van der Waals surface area contributed by atoms with Crippen LogP contribution in [0.25, 0.3) is 0 Å². The fourth-order valence-corrected chi connectivity index (χ4v) is 2.53. The van der Waals surface area contributed by atoms with Gasteiger partial charge in [-0.2, -0.15) is 0 Å². The third-order valence-corrected chi connectivity index (χ3v) is 3.70. The Morgan fingerprint density at radius 3 is 2.44 bits per heavy atom. The Morgan fingerprint density at radius 2 is 1.83 bits per heavy atom. The van der Waals surface area contributed by atoms with Crippen LogP contribution in [0.1, 0.15) is 44.1 Å². The zero-order valence-corrected chi connectivity index (χ0v) is 10.5. The summed E-state index contributed by atoms with van der Waals surface area (Å²) in [5.74, 6) is 5.44. The first-order chi connectivity index (χ1) is 8.73. The van der Waals surface area contributed by atoms with Gasteiger partial charge < -0.3 is 5.11 Å². The summed E-state index contributed by atoms with van der Waals surface area (Å²) in [7, 11) is 0. The van der Waals surface area contributed by atoms with Crippen molar-refractivity contribution in [3.05, 3.63) is 35.9 Å². The van der Waals surface area contributed by atoms with Crippen LogP contribution in [-0.2, 0) is 4.79 Å². The number of rotatable bonds is 2. The minimum Gasteiger partial charge on any atom is -0.481 e. The van der Waals surface area contributed by atoms with Gasteiger partial charge in [-0.25, -0.2) is 0 Å². The number of carboxylic acids is 1. The van der Waals surface area contributed by atoms with Crippen LogP contribution in [0, 0.1) is 17.3 Å². The highest BCUT2D eigenvalue weighted by atomic mass is 16.4. The Kier molecular flexibility index (Phi) is 4.04. The summed E-state index contributed by atoms with van der Waals surface area (Å²) >= 11 is 0. The van der Waals surface area contributed by atoms with Crippen LogP contribution in [0.3, 0.4) is 0 Å². The standard InChI is InChI=1S/C16H18O2/c17-15(18)16(11-5-2-6-12-16)13-7-10-14-8-3-1-4-9-14/h1,3-4,8-9H,2,5-6,11-13H2,(H,17,18). The minimum absolute atomic E-state index is 0.469. The third-order valence-electron chi connectivity index (χ3n) is 3.70. The first-order valence-electron chi connectivity index (χ1n) is 6.50. The summed E-state index contributed by atoms with van der Waals surface area (Å²) in [5.41, 5.74) is 0.355. The monoisotopic (exact) mass is 242 g/mol. The second kappa shape index (κ2) is 5.73. The van der Waals surface area contributed by atoms with Gasteiger partial charge in [0.1, 0.15) is 0 Å². The van der Waals surface area contributed by atoms with E-state index in [1.807, 2.05) is 30.3 Å². The van der Waals surface area contributed by atoms with E-state index >= 15 is 0 Å². The number of carbonyl (C=O) groups is 1. The van der Waals surface area contributed by atoms with Crippen LogP contribution in [0.2, 0.25) is 0 Å². The normalized spacial score (nSPS) is 17.6. The van der Waals surface area contributed by atoms with Crippen molar-refractivity contribution in [3.63, 3.8) is 0 Å². The van der Waals surface area contributed by atoms with Gasteiger partial charge in [0.15, 0.2) is 0 Å². The van der Waals surface area contributed by atoms with Gasteiger partial charge in [0.25, 0.3) is 0 Å². The second-order valence-corrected chi connectivity index (χ2v) is 4.99. The van der Waals surface area contributed by atoms with Gasteiger partial charge in [-0.15, -0.1) is 0 Å². The molecule has 1 aliphatic carbocycles. The van der Waals surface area contributed by atoms with E-state index in [1.165, 1.54) is 0 Å². The molecule has 2 rings (SSSR count). The predicted octanol–water partition coefficient (Wildman–Crippen LogP) is 3.46. The maximum atomic E-state index is 11.5. The molecule has 1 aliphatic rings. The third kappa shape index (κ3) is 2.92. The van der Waals surface area contributed by atoms with Crippen molar-refractivity contribution < 1.29 is 9.90 Å². The van der Waals surface area contributed by atoms with Crippen LogP contribution in [0.4, 0.5) is 0 Å². The van der Waals surface area contributed by atoms with Crippen molar-refractivity contribution in [2.75, 3.05) is 0 Å². The van der Waals surface area contributed by atoms with Crippen LogP contribution >= 0.6 is 0 Å². The molecule has 1 fully saturated rings. The Labute approximate surface area is 108 Å². The van der Waals surface area contributed by atoms with Gasteiger partial charge in [0.05, 0.1) is 5.41 Å². The molecule has 18 heavy (non-hydrogen) atoms. The fourth-order valence-electron chi connectivity index (χ4n) is 2.53. The predicted molar refractivity (Wildman–Crippen MR) is 71.1 cm³/mol. The zero-order valence-electron chi connectivity index (χ0n) is 10.5. The van der Waals surface area contributed by atoms with E-state index < -0.39 is 11.4 Å². The first-order valence-corrected chi connectivity index (χ1v) is 6.50. The van der Waals surface area contributed by atoms with E-state index in [9.17, 15) is 9.90 Å². The van der Waals surface area contributed by atoms with Crippen molar-refractivity contribution in [1.29, 1.82) is 0 Å². The number of aliphatic carboxylic acids is 1. The lowest BCUT2D eigenvalue weighted by atomic mass is 9.72. The Bertz CT molecular complexity index is 459. The van der Waals surface area contributed by atoms with Gasteiger partial charge in [-0.1, -0.05) is 49.3 Å². The Morgan fingerprint density at radius 1 is 1.17 bits per heavy atom. The summed E-state index contributed by atoms with van der Waals surface area (Å²) in [6, 6.07) is 9.73. The molecule has 0 atom stereocenters. The fraction of sp³-hybridized carbons (Fsp3) is 0.438. The number of hydrogen-bond donors (Lipinski definition) is 1. The molecular formula is C16H18O2. The van der Waals surface area contributed by atoms with E-state index in [0.29, 0.717) is 6.42 Å². The molecule has 0 radical (unpaired) electrons. The van der Waals surface area contributed by atoms with E-state index in [1.54, 1.807) is 0 Å². The molecule has 0 aromatic heterocycles. The minimum atomic E-state index is -0.676. The first kappa shape index (κ1) is 12.7. The molecule has 2 nitrogen and oxygen atoms in total. The summed E-state index contributed by atoms with van der Waals surface area (Å²) in [4.78, 5) is 11.5. The molecule has 94 valence electrons. The maximum Gasteiger partial charge on any atom is 0.310 e. The van der Waals surface area contributed by atoms with Crippen molar-refractivity contribution in [2.24, 2.45) is 5.41 Å². The molecule has 0 aliphatic heterocycles. The summed E-state index contributed by atoms with van der Waals surface area (Å²) in [6.45, 7) is 0. The van der Waals surface area contributed by atoms with Gasteiger partial charge in [0, 0.05) is 12.0 Å². The van der Waals surface area contributed by atoms with E-state index in [0.717, 1.165) is 37.7 Å². The van der Waals surface area contributed by atoms with Crippen LogP contribution in [0.15, 0.2) is 30.3 Å². The van der Waals surface area contributed by atoms with Gasteiger partial charge in [0.2, 0.25) is 0 Å². The highest BCUT2D eigenvalue weighted by Gasteiger charge is 2.38. The molecule has 0 amide bonds. The Hall–Kier alpha value is -1.75.